The van der Waals surface area contributed by atoms with Crippen molar-refractivity contribution in [1.82, 2.24) is 5.32 Å². The zero-order valence-electron chi connectivity index (χ0n) is 11.4. The zero-order chi connectivity index (χ0) is 13.0. The van der Waals surface area contributed by atoms with Gasteiger partial charge in [-0.25, -0.2) is 0 Å². The second-order valence-corrected chi connectivity index (χ2v) is 8.03. The van der Waals surface area contributed by atoms with Crippen molar-refractivity contribution in [2.75, 3.05) is 12.8 Å². The summed E-state index contributed by atoms with van der Waals surface area (Å²) in [6.45, 7) is 4.72. The molecule has 1 aromatic rings. The average Bonchev–Trinajstić information content (AvgIpc) is 2.40. The van der Waals surface area contributed by atoms with E-state index < -0.39 is 0 Å². The summed E-state index contributed by atoms with van der Waals surface area (Å²) >= 11 is 4.29. The predicted octanol–water partition coefficient (Wildman–Crippen LogP) is 3.44. The van der Waals surface area contributed by atoms with Crippen LogP contribution in [0.3, 0.4) is 0 Å². The van der Waals surface area contributed by atoms with Gasteiger partial charge in [0.25, 0.3) is 0 Å². The number of hydrogen-bond donors (Lipinski definition) is 1. The maximum absolute atomic E-state index is 3.52. The first-order valence-electron chi connectivity index (χ1n) is 6.69. The average molecular weight is 281 g/mol. The van der Waals surface area contributed by atoms with Gasteiger partial charge < -0.3 is 5.32 Å². The van der Waals surface area contributed by atoms with Crippen LogP contribution < -0.4 is 5.32 Å². The summed E-state index contributed by atoms with van der Waals surface area (Å²) in [6, 6.07) is 11.4. The lowest BCUT2D eigenvalue weighted by Gasteiger charge is -2.36. The van der Waals surface area contributed by atoms with Crippen LogP contribution in [0.5, 0.6) is 0 Å². The van der Waals surface area contributed by atoms with Crippen molar-refractivity contribution in [3.8, 4) is 0 Å². The van der Waals surface area contributed by atoms with Crippen LogP contribution in [0.4, 0.5) is 0 Å². The molecular weight excluding hydrogens is 258 g/mol. The molecule has 2 rings (SSSR count). The Morgan fingerprint density at radius 3 is 2.56 bits per heavy atom. The Balaban J connectivity index is 1.97. The van der Waals surface area contributed by atoms with E-state index in [-0.39, 0.29) is 0 Å². The van der Waals surface area contributed by atoms with Gasteiger partial charge in [-0.2, -0.15) is 23.5 Å². The highest BCUT2D eigenvalue weighted by Gasteiger charge is 2.30. The van der Waals surface area contributed by atoms with Crippen molar-refractivity contribution in [1.29, 1.82) is 0 Å². The lowest BCUT2D eigenvalue weighted by atomic mass is 10.0. The van der Waals surface area contributed by atoms with Gasteiger partial charge in [-0.05, 0) is 19.0 Å². The molecule has 0 aliphatic carbocycles. The van der Waals surface area contributed by atoms with Crippen LogP contribution in [-0.4, -0.2) is 34.6 Å². The topological polar surface area (TPSA) is 12.0 Å². The van der Waals surface area contributed by atoms with E-state index in [0.717, 1.165) is 22.2 Å². The highest BCUT2D eigenvalue weighted by atomic mass is 32.2. The Morgan fingerprint density at radius 2 is 1.94 bits per heavy atom. The van der Waals surface area contributed by atoms with Crippen LogP contribution in [0.2, 0.25) is 0 Å². The summed E-state index contributed by atoms with van der Waals surface area (Å²) in [5.41, 5.74) is 1.44. The Bertz CT molecular complexity index is 355. The number of hydrogen-bond acceptors (Lipinski definition) is 3. The van der Waals surface area contributed by atoms with Gasteiger partial charge in [-0.3, -0.25) is 0 Å². The number of thioether (sulfide) groups is 2. The SMILES string of the molecule is CNC(Cc1ccccc1)C1CSC(C)C(C)S1. The fourth-order valence-electron chi connectivity index (χ4n) is 2.31. The molecular formula is C15H23NS2. The first-order chi connectivity index (χ1) is 8.70. The standard InChI is InChI=1S/C15H23NS2/c1-11-12(2)18-15(10-17-11)14(16-3)9-13-7-5-4-6-8-13/h4-8,11-12,14-16H,9-10H2,1-3H3. The molecule has 100 valence electrons. The van der Waals surface area contributed by atoms with Gasteiger partial charge >= 0.3 is 0 Å². The van der Waals surface area contributed by atoms with Crippen molar-refractivity contribution in [2.24, 2.45) is 0 Å². The molecule has 18 heavy (non-hydrogen) atoms. The molecule has 1 aliphatic heterocycles. The monoisotopic (exact) mass is 281 g/mol. The largest absolute Gasteiger partial charge is 0.316 e. The minimum atomic E-state index is 0.583. The van der Waals surface area contributed by atoms with Gasteiger partial charge in [0.2, 0.25) is 0 Å². The molecule has 1 fully saturated rings. The molecule has 4 atom stereocenters. The molecule has 0 amide bonds. The Morgan fingerprint density at radius 1 is 1.22 bits per heavy atom. The summed E-state index contributed by atoms with van der Waals surface area (Å²) in [5.74, 6) is 1.27. The van der Waals surface area contributed by atoms with Crippen molar-refractivity contribution in [3.63, 3.8) is 0 Å². The quantitative estimate of drug-likeness (QED) is 0.908. The van der Waals surface area contributed by atoms with Crippen LogP contribution in [0.1, 0.15) is 19.4 Å². The van der Waals surface area contributed by atoms with Gasteiger partial charge in [0.05, 0.1) is 0 Å². The van der Waals surface area contributed by atoms with Crippen LogP contribution in [0.25, 0.3) is 0 Å². The van der Waals surface area contributed by atoms with E-state index in [9.17, 15) is 0 Å². The molecule has 3 heteroatoms. The molecule has 0 saturated carbocycles. The van der Waals surface area contributed by atoms with E-state index in [2.05, 4.69) is 80.1 Å². The highest BCUT2D eigenvalue weighted by Crippen LogP contribution is 2.37. The van der Waals surface area contributed by atoms with Gasteiger partial charge in [0.15, 0.2) is 0 Å². The fourth-order valence-corrected chi connectivity index (χ4v) is 5.48. The molecule has 0 bridgehead atoms. The van der Waals surface area contributed by atoms with E-state index in [1.807, 2.05) is 0 Å². The van der Waals surface area contributed by atoms with Gasteiger partial charge in [-0.1, -0.05) is 44.2 Å². The van der Waals surface area contributed by atoms with Gasteiger partial charge in [0, 0.05) is 27.5 Å². The first-order valence-corrected chi connectivity index (χ1v) is 8.68. The highest BCUT2D eigenvalue weighted by molar-refractivity contribution is 8.07. The first kappa shape index (κ1) is 14.3. The Kier molecular flexibility index (Phi) is 5.46. The summed E-state index contributed by atoms with van der Waals surface area (Å²) in [7, 11) is 2.10. The molecule has 0 spiro atoms. The summed E-state index contributed by atoms with van der Waals surface area (Å²) in [5, 5.41) is 5.81. The lowest BCUT2D eigenvalue weighted by molar-refractivity contribution is 0.554. The molecule has 1 aliphatic rings. The second kappa shape index (κ2) is 6.88. The summed E-state index contributed by atoms with van der Waals surface area (Å²) < 4.78 is 0. The number of rotatable bonds is 4. The molecule has 1 N–H and O–H groups in total. The van der Waals surface area contributed by atoms with Crippen molar-refractivity contribution >= 4 is 23.5 Å². The summed E-state index contributed by atoms with van der Waals surface area (Å²) in [6.07, 6.45) is 1.14. The van der Waals surface area contributed by atoms with Crippen LogP contribution >= 0.6 is 23.5 Å². The molecule has 1 aromatic carbocycles. The van der Waals surface area contributed by atoms with Crippen LogP contribution in [-0.2, 0) is 6.42 Å². The summed E-state index contributed by atoms with van der Waals surface area (Å²) in [4.78, 5) is 0. The third-order valence-corrected chi connectivity index (χ3v) is 7.24. The predicted molar refractivity (Wildman–Crippen MR) is 85.8 cm³/mol. The van der Waals surface area contributed by atoms with Crippen molar-refractivity contribution < 1.29 is 0 Å². The maximum atomic E-state index is 3.52. The van der Waals surface area contributed by atoms with Crippen molar-refractivity contribution in [3.05, 3.63) is 35.9 Å². The zero-order valence-corrected chi connectivity index (χ0v) is 13.1. The minimum Gasteiger partial charge on any atom is -0.316 e. The molecule has 0 aromatic heterocycles. The smallest absolute Gasteiger partial charge is 0.0298 e. The van der Waals surface area contributed by atoms with E-state index >= 15 is 0 Å². The molecule has 0 radical (unpaired) electrons. The third kappa shape index (κ3) is 3.69. The van der Waals surface area contributed by atoms with Crippen LogP contribution in [0.15, 0.2) is 30.3 Å². The normalized spacial score (nSPS) is 30.1. The lowest BCUT2D eigenvalue weighted by Crippen LogP contribution is -2.43. The maximum Gasteiger partial charge on any atom is 0.0298 e. The Labute approximate surface area is 120 Å². The molecule has 1 nitrogen and oxygen atoms in total. The number of nitrogens with one attached hydrogen (secondary N) is 1. The Hall–Kier alpha value is -0.120. The molecule has 1 heterocycles. The second-order valence-electron chi connectivity index (χ2n) is 5.00. The van der Waals surface area contributed by atoms with Crippen molar-refractivity contribution in [2.45, 2.75) is 42.1 Å². The van der Waals surface area contributed by atoms with E-state index in [1.165, 1.54) is 11.3 Å². The third-order valence-electron chi connectivity index (χ3n) is 3.69. The van der Waals surface area contributed by atoms with E-state index in [4.69, 9.17) is 0 Å². The molecule has 4 unspecified atom stereocenters. The van der Waals surface area contributed by atoms with Gasteiger partial charge in [0.1, 0.15) is 0 Å². The van der Waals surface area contributed by atoms with E-state index in [0.29, 0.717) is 6.04 Å². The number of benzene rings is 1. The number of likely N-dealkylation sites (N-methyl/N-ethyl adjacent to an activating group) is 1. The minimum absolute atomic E-state index is 0.583. The molecule has 1 saturated heterocycles. The fraction of sp³-hybridized carbons (Fsp3) is 0.600. The van der Waals surface area contributed by atoms with Gasteiger partial charge in [-0.15, -0.1) is 0 Å². The van der Waals surface area contributed by atoms with E-state index in [1.54, 1.807) is 0 Å². The van der Waals surface area contributed by atoms with Crippen LogP contribution in [0, 0.1) is 0 Å².